The third-order valence-electron chi connectivity index (χ3n) is 5.78. The van der Waals surface area contributed by atoms with Gasteiger partial charge in [-0.25, -0.2) is 4.79 Å². The van der Waals surface area contributed by atoms with Crippen LogP contribution in [0.25, 0.3) is 0 Å². The minimum atomic E-state index is -0.976. The highest BCUT2D eigenvalue weighted by Gasteiger charge is 2.38. The zero-order valence-electron chi connectivity index (χ0n) is 22.3. The third-order valence-corrected chi connectivity index (χ3v) is 6.14. The number of nitrogens with one attached hydrogen (secondary N) is 2. The Labute approximate surface area is 220 Å². The van der Waals surface area contributed by atoms with E-state index in [-0.39, 0.29) is 17.7 Å². The molecule has 3 atom stereocenters. The number of rotatable bonds is 9. The molecular formula is C28H39N3O4S. The first-order chi connectivity index (χ1) is 16.9. The Balaban J connectivity index is 2.51. The number of hydrogen-bond donors (Lipinski definition) is 3. The monoisotopic (exact) mass is 513 g/mol. The summed E-state index contributed by atoms with van der Waals surface area (Å²) in [4.78, 5) is 41.8. The van der Waals surface area contributed by atoms with Crippen molar-refractivity contribution in [1.29, 1.82) is 0 Å². The molecule has 2 aromatic carbocycles. The number of alkyl carbamates (subject to hydrolysis) is 1. The van der Waals surface area contributed by atoms with Crippen LogP contribution in [0.15, 0.2) is 48.5 Å². The Bertz CT molecular complexity index is 1070. The minimum Gasteiger partial charge on any atom is -0.444 e. The summed E-state index contributed by atoms with van der Waals surface area (Å²) in [5.74, 6) is -0.694. The molecule has 8 heteroatoms. The molecule has 0 saturated carbocycles. The number of hydrogen-bond acceptors (Lipinski definition) is 5. The highest BCUT2D eigenvalue weighted by molar-refractivity contribution is 7.80. The first-order valence-electron chi connectivity index (χ1n) is 12.2. The van der Waals surface area contributed by atoms with E-state index in [1.165, 1.54) is 0 Å². The molecule has 0 fully saturated rings. The highest BCUT2D eigenvalue weighted by Crippen LogP contribution is 2.29. The summed E-state index contributed by atoms with van der Waals surface area (Å²) >= 11 is 4.33. The summed E-state index contributed by atoms with van der Waals surface area (Å²) in [7, 11) is 0. The molecule has 0 heterocycles. The number of thiol groups is 1. The fourth-order valence-electron chi connectivity index (χ4n) is 3.80. The van der Waals surface area contributed by atoms with E-state index in [1.807, 2.05) is 76.2 Å². The Hall–Kier alpha value is -3.00. The average molecular weight is 514 g/mol. The Morgan fingerprint density at radius 3 is 2.28 bits per heavy atom. The van der Waals surface area contributed by atoms with Crippen LogP contribution in [0.4, 0.5) is 10.5 Å². The van der Waals surface area contributed by atoms with Crippen molar-refractivity contribution in [3.05, 3.63) is 65.2 Å². The molecular weight excluding hydrogens is 474 g/mol. The Morgan fingerprint density at radius 1 is 1.06 bits per heavy atom. The number of carbonyl (C=O) groups is 3. The summed E-state index contributed by atoms with van der Waals surface area (Å²) in [5, 5.41) is 5.64. The van der Waals surface area contributed by atoms with Gasteiger partial charge in [-0.3, -0.25) is 9.59 Å². The van der Waals surface area contributed by atoms with Crippen molar-refractivity contribution in [1.82, 2.24) is 10.2 Å². The lowest BCUT2D eigenvalue weighted by Crippen LogP contribution is -2.55. The second kappa shape index (κ2) is 12.8. The maximum atomic E-state index is 13.9. The Morgan fingerprint density at radius 2 is 1.72 bits per heavy atom. The average Bonchev–Trinajstić information content (AvgIpc) is 2.80. The van der Waals surface area contributed by atoms with Gasteiger partial charge in [0.05, 0.1) is 0 Å². The van der Waals surface area contributed by atoms with Crippen LogP contribution < -0.4 is 10.6 Å². The predicted octanol–water partition coefficient (Wildman–Crippen LogP) is 5.43. The lowest BCUT2D eigenvalue weighted by Gasteiger charge is -2.38. The van der Waals surface area contributed by atoms with E-state index in [2.05, 4.69) is 23.3 Å². The van der Waals surface area contributed by atoms with Crippen molar-refractivity contribution in [3.8, 4) is 0 Å². The first kappa shape index (κ1) is 29.2. The molecule has 0 spiro atoms. The number of anilines is 1. The van der Waals surface area contributed by atoms with Crippen LogP contribution in [0, 0.1) is 13.8 Å². The van der Waals surface area contributed by atoms with E-state index >= 15 is 0 Å². The van der Waals surface area contributed by atoms with Gasteiger partial charge >= 0.3 is 6.09 Å². The molecule has 3 unspecified atom stereocenters. The van der Waals surface area contributed by atoms with Gasteiger partial charge in [-0.15, -0.1) is 0 Å². The molecule has 2 N–H and O–H groups in total. The number of carbonyl (C=O) groups excluding carboxylic acids is 3. The molecule has 7 nitrogen and oxygen atoms in total. The van der Waals surface area contributed by atoms with E-state index in [0.29, 0.717) is 17.7 Å². The summed E-state index contributed by atoms with van der Waals surface area (Å²) in [6.45, 7) is 12.9. The van der Waals surface area contributed by atoms with Gasteiger partial charge in [0.25, 0.3) is 5.91 Å². The highest BCUT2D eigenvalue weighted by atomic mass is 32.1. The smallest absolute Gasteiger partial charge is 0.408 e. The van der Waals surface area contributed by atoms with Crippen molar-refractivity contribution in [3.63, 3.8) is 0 Å². The molecule has 2 rings (SSSR count). The van der Waals surface area contributed by atoms with Crippen molar-refractivity contribution in [2.75, 3.05) is 11.1 Å². The third kappa shape index (κ3) is 8.01. The fraction of sp³-hybridized carbons (Fsp3) is 0.464. The number of ether oxygens (including phenoxy) is 1. The van der Waals surface area contributed by atoms with Crippen LogP contribution in [-0.4, -0.2) is 46.2 Å². The van der Waals surface area contributed by atoms with Gasteiger partial charge in [0, 0.05) is 17.5 Å². The van der Waals surface area contributed by atoms with Crippen molar-refractivity contribution in [2.45, 2.75) is 78.6 Å². The van der Waals surface area contributed by atoms with E-state index in [1.54, 1.807) is 25.7 Å². The summed E-state index contributed by atoms with van der Waals surface area (Å²) in [5.41, 5.74) is 2.52. The van der Waals surface area contributed by atoms with Crippen molar-refractivity contribution < 1.29 is 19.1 Å². The fourth-order valence-corrected chi connectivity index (χ4v) is 4.05. The minimum absolute atomic E-state index is 0.0466. The normalized spacial score (nSPS) is 13.8. The van der Waals surface area contributed by atoms with E-state index in [9.17, 15) is 14.4 Å². The van der Waals surface area contributed by atoms with Crippen molar-refractivity contribution in [2.24, 2.45) is 0 Å². The number of aryl methyl sites for hydroxylation is 2. The van der Waals surface area contributed by atoms with E-state index in [0.717, 1.165) is 11.1 Å². The van der Waals surface area contributed by atoms with Crippen LogP contribution >= 0.6 is 12.6 Å². The van der Waals surface area contributed by atoms with E-state index in [4.69, 9.17) is 4.74 Å². The van der Waals surface area contributed by atoms with Crippen LogP contribution in [-0.2, 0) is 14.3 Å². The van der Waals surface area contributed by atoms with Gasteiger partial charge < -0.3 is 20.3 Å². The van der Waals surface area contributed by atoms with Gasteiger partial charge in [-0.05, 0) is 65.2 Å². The molecule has 0 aliphatic heterocycles. The molecule has 196 valence electrons. The van der Waals surface area contributed by atoms with Gasteiger partial charge in [0.15, 0.2) is 0 Å². The Kier molecular flexibility index (Phi) is 10.4. The van der Waals surface area contributed by atoms with Crippen LogP contribution in [0.2, 0.25) is 0 Å². The van der Waals surface area contributed by atoms with E-state index < -0.39 is 29.7 Å². The van der Waals surface area contributed by atoms with Crippen LogP contribution in [0.3, 0.4) is 0 Å². The largest absolute Gasteiger partial charge is 0.444 e. The molecule has 3 amide bonds. The summed E-state index contributed by atoms with van der Waals surface area (Å²) < 4.78 is 5.35. The predicted molar refractivity (Wildman–Crippen MR) is 147 cm³/mol. The topological polar surface area (TPSA) is 87.7 Å². The van der Waals surface area contributed by atoms with Gasteiger partial charge in [-0.2, -0.15) is 12.6 Å². The molecule has 0 bridgehead atoms. The number of amides is 3. The molecule has 0 aliphatic rings. The van der Waals surface area contributed by atoms with Crippen LogP contribution in [0.5, 0.6) is 0 Å². The van der Waals surface area contributed by atoms with Gasteiger partial charge in [0.2, 0.25) is 5.91 Å². The molecule has 0 saturated heterocycles. The maximum absolute atomic E-state index is 13.9. The lowest BCUT2D eigenvalue weighted by atomic mass is 9.98. The molecule has 0 radical (unpaired) electrons. The molecule has 0 aliphatic carbocycles. The second-order valence-electron chi connectivity index (χ2n) is 10.0. The lowest BCUT2D eigenvalue weighted by molar-refractivity contribution is -0.142. The zero-order valence-corrected chi connectivity index (χ0v) is 23.2. The summed E-state index contributed by atoms with van der Waals surface area (Å²) in [6, 6.07) is 12.9. The molecule has 0 aromatic heterocycles. The number of nitrogens with zero attached hydrogens (tertiary/aromatic N) is 1. The molecule has 2 aromatic rings. The zero-order chi connectivity index (χ0) is 27.0. The number of para-hydroxylation sites is 1. The van der Waals surface area contributed by atoms with Gasteiger partial charge in [-0.1, -0.05) is 55.0 Å². The molecule has 36 heavy (non-hydrogen) atoms. The van der Waals surface area contributed by atoms with Gasteiger partial charge in [0.1, 0.15) is 17.7 Å². The quantitative estimate of drug-likeness (QED) is 0.390. The summed E-state index contributed by atoms with van der Waals surface area (Å²) in [6.07, 6.45) is -0.104. The standard InChI is InChI=1S/C28H39N3O4S/c1-8-20(4)31(26(33)23(17-36)30-27(34)35-28(5,6)7)24(21-14-11-12-18(2)16-21)25(32)29-22-15-10-9-13-19(22)3/h9-16,20,23-24,36H,8,17H2,1-7H3,(H,29,32)(H,30,34). The maximum Gasteiger partial charge on any atom is 0.408 e. The van der Waals surface area contributed by atoms with Crippen molar-refractivity contribution >= 4 is 36.2 Å². The van der Waals surface area contributed by atoms with Crippen LogP contribution in [0.1, 0.15) is 63.8 Å². The second-order valence-corrected chi connectivity index (χ2v) is 10.4. The number of benzene rings is 2. The first-order valence-corrected chi connectivity index (χ1v) is 12.9. The SMILES string of the molecule is CCC(C)N(C(=O)C(CS)NC(=O)OC(C)(C)C)C(C(=O)Nc1ccccc1C)c1cccc(C)c1.